The highest BCUT2D eigenvalue weighted by molar-refractivity contribution is 7.82. The van der Waals surface area contributed by atoms with E-state index in [0.717, 1.165) is 21.1 Å². The molecule has 130 valence electrons. The van der Waals surface area contributed by atoms with Gasteiger partial charge in [-0.05, 0) is 60.2 Å². The molecule has 0 fully saturated rings. The van der Waals surface area contributed by atoms with Gasteiger partial charge < -0.3 is 16.4 Å². The van der Waals surface area contributed by atoms with E-state index in [0.29, 0.717) is 0 Å². The molecule has 5 heteroatoms. The van der Waals surface area contributed by atoms with Gasteiger partial charge in [0.15, 0.2) is 0 Å². The minimum absolute atomic E-state index is 0.793. The Morgan fingerprint density at radius 3 is 1.84 bits per heavy atom. The second-order valence-corrected chi connectivity index (χ2v) is 7.56. The van der Waals surface area contributed by atoms with Crippen molar-refractivity contribution in [3.8, 4) is 0 Å². The van der Waals surface area contributed by atoms with E-state index in [2.05, 4.69) is 30.8 Å². The SMILES string of the molecule is CN(C)c1ccc(N)cc1.Nc1ccc(/C=C/c2ccc(S)s2)cc1. The number of thiol groups is 1. The second-order valence-electron chi connectivity index (χ2n) is 5.66. The van der Waals surface area contributed by atoms with Gasteiger partial charge in [-0.15, -0.1) is 24.0 Å². The average molecular weight is 370 g/mol. The first kappa shape index (κ1) is 19.0. The number of thiophene rings is 1. The minimum Gasteiger partial charge on any atom is -0.399 e. The molecule has 4 N–H and O–H groups in total. The lowest BCUT2D eigenvalue weighted by atomic mass is 10.2. The second kappa shape index (κ2) is 9.20. The molecule has 0 radical (unpaired) electrons. The molecule has 1 heterocycles. The van der Waals surface area contributed by atoms with Gasteiger partial charge in [-0.25, -0.2) is 0 Å². The maximum Gasteiger partial charge on any atom is 0.0574 e. The summed E-state index contributed by atoms with van der Waals surface area (Å²) in [6.45, 7) is 0. The number of hydrogen-bond donors (Lipinski definition) is 3. The van der Waals surface area contributed by atoms with E-state index in [1.807, 2.05) is 73.6 Å². The van der Waals surface area contributed by atoms with Gasteiger partial charge in [0.2, 0.25) is 0 Å². The van der Waals surface area contributed by atoms with Gasteiger partial charge in [0, 0.05) is 36.0 Å². The van der Waals surface area contributed by atoms with Gasteiger partial charge in [0.05, 0.1) is 4.21 Å². The molecule has 0 unspecified atom stereocenters. The van der Waals surface area contributed by atoms with Crippen LogP contribution in [-0.4, -0.2) is 14.1 Å². The smallest absolute Gasteiger partial charge is 0.0574 e. The lowest BCUT2D eigenvalue weighted by Crippen LogP contribution is -2.08. The molecule has 3 nitrogen and oxygen atoms in total. The van der Waals surface area contributed by atoms with Crippen LogP contribution in [0.25, 0.3) is 12.2 Å². The van der Waals surface area contributed by atoms with E-state index in [-0.39, 0.29) is 0 Å². The van der Waals surface area contributed by atoms with Crippen LogP contribution in [0.3, 0.4) is 0 Å². The van der Waals surface area contributed by atoms with Crippen molar-refractivity contribution in [3.63, 3.8) is 0 Å². The zero-order valence-corrected chi connectivity index (χ0v) is 16.1. The van der Waals surface area contributed by atoms with Crippen molar-refractivity contribution in [1.29, 1.82) is 0 Å². The minimum atomic E-state index is 0.793. The largest absolute Gasteiger partial charge is 0.399 e. The van der Waals surface area contributed by atoms with Gasteiger partial charge in [0.25, 0.3) is 0 Å². The van der Waals surface area contributed by atoms with Crippen LogP contribution in [0.5, 0.6) is 0 Å². The molecule has 3 aromatic rings. The summed E-state index contributed by atoms with van der Waals surface area (Å²) < 4.78 is 1.03. The van der Waals surface area contributed by atoms with E-state index in [1.54, 1.807) is 11.3 Å². The Kier molecular flexibility index (Phi) is 6.98. The Morgan fingerprint density at radius 1 is 0.800 bits per heavy atom. The number of anilines is 3. The summed E-state index contributed by atoms with van der Waals surface area (Å²) in [5, 5.41) is 0. The molecular formula is C20H23N3S2. The molecule has 3 rings (SSSR count). The fourth-order valence-electron chi connectivity index (χ4n) is 1.99. The number of nitrogen functional groups attached to an aromatic ring is 2. The van der Waals surface area contributed by atoms with Gasteiger partial charge in [-0.2, -0.15) is 0 Å². The Labute approximate surface area is 159 Å². The number of nitrogens with two attached hydrogens (primary N) is 2. The molecule has 0 saturated heterocycles. The van der Waals surface area contributed by atoms with Gasteiger partial charge in [0.1, 0.15) is 0 Å². The van der Waals surface area contributed by atoms with Crippen molar-refractivity contribution in [3.05, 3.63) is 71.1 Å². The maximum atomic E-state index is 5.61. The van der Waals surface area contributed by atoms with E-state index in [9.17, 15) is 0 Å². The van der Waals surface area contributed by atoms with Crippen LogP contribution in [0.2, 0.25) is 0 Å². The summed E-state index contributed by atoms with van der Waals surface area (Å²) in [6, 6.07) is 19.6. The molecule has 1 aromatic heterocycles. The van der Waals surface area contributed by atoms with Crippen LogP contribution in [0.15, 0.2) is 64.9 Å². The number of hydrogen-bond acceptors (Lipinski definition) is 5. The lowest BCUT2D eigenvalue weighted by molar-refractivity contribution is 1.13. The third kappa shape index (κ3) is 6.57. The Hall–Kier alpha value is -2.37. The van der Waals surface area contributed by atoms with Gasteiger partial charge in [-0.3, -0.25) is 0 Å². The normalized spacial score (nSPS) is 10.4. The molecule has 2 aromatic carbocycles. The summed E-state index contributed by atoms with van der Waals surface area (Å²) in [5.74, 6) is 0. The van der Waals surface area contributed by atoms with E-state index < -0.39 is 0 Å². The highest BCUT2D eigenvalue weighted by Crippen LogP contribution is 2.21. The molecular weight excluding hydrogens is 346 g/mol. The van der Waals surface area contributed by atoms with E-state index in [1.165, 1.54) is 10.6 Å². The number of nitrogens with zero attached hydrogens (tertiary/aromatic N) is 1. The fraction of sp³-hybridized carbons (Fsp3) is 0.100. The zero-order valence-electron chi connectivity index (χ0n) is 14.4. The average Bonchev–Trinajstić information content (AvgIpc) is 3.01. The molecule has 0 aliphatic heterocycles. The summed E-state index contributed by atoms with van der Waals surface area (Å²) in [6.07, 6.45) is 4.15. The molecule has 0 amide bonds. The van der Waals surface area contributed by atoms with Crippen LogP contribution < -0.4 is 16.4 Å². The topological polar surface area (TPSA) is 55.3 Å². The quantitative estimate of drug-likeness (QED) is 0.443. The number of rotatable bonds is 3. The van der Waals surface area contributed by atoms with Crippen LogP contribution in [0.4, 0.5) is 17.1 Å². The van der Waals surface area contributed by atoms with Crippen LogP contribution in [0.1, 0.15) is 10.4 Å². The van der Waals surface area contributed by atoms with Crippen molar-refractivity contribution in [1.82, 2.24) is 0 Å². The van der Waals surface area contributed by atoms with Crippen molar-refractivity contribution in [2.24, 2.45) is 0 Å². The predicted octanol–water partition coefficient (Wildman–Crippen LogP) is 5.12. The first-order valence-corrected chi connectivity index (χ1v) is 9.06. The maximum absolute atomic E-state index is 5.61. The summed E-state index contributed by atoms with van der Waals surface area (Å²) >= 11 is 5.93. The van der Waals surface area contributed by atoms with Crippen LogP contribution >= 0.6 is 24.0 Å². The zero-order chi connectivity index (χ0) is 18.2. The van der Waals surface area contributed by atoms with Crippen molar-refractivity contribution in [2.75, 3.05) is 30.5 Å². The Morgan fingerprint density at radius 2 is 1.36 bits per heavy atom. The third-order valence-electron chi connectivity index (χ3n) is 3.40. The highest BCUT2D eigenvalue weighted by atomic mass is 32.2. The Balaban J connectivity index is 0.000000196. The van der Waals surface area contributed by atoms with E-state index in [4.69, 9.17) is 11.5 Å². The first-order valence-electron chi connectivity index (χ1n) is 7.79. The predicted molar refractivity (Wildman–Crippen MR) is 117 cm³/mol. The molecule has 0 saturated carbocycles. The summed E-state index contributed by atoms with van der Waals surface area (Å²) in [7, 11) is 4.01. The number of benzene rings is 2. The van der Waals surface area contributed by atoms with Crippen LogP contribution in [0, 0.1) is 0 Å². The lowest BCUT2D eigenvalue weighted by Gasteiger charge is -2.11. The van der Waals surface area contributed by atoms with Crippen molar-refractivity contribution >= 4 is 53.2 Å². The first-order chi connectivity index (χ1) is 11.9. The van der Waals surface area contributed by atoms with Crippen LogP contribution in [-0.2, 0) is 0 Å². The molecule has 0 aliphatic rings. The Bertz CT molecular complexity index is 804. The standard InChI is InChI=1S/C12H11NS2.C8H12N2/c13-10-4-1-9(2-5-10)3-6-11-7-8-12(14)15-11;1-10(2)8-5-3-7(9)4-6-8/h1-8,14H,13H2;3-6H,9H2,1-2H3/b6-3+;. The highest BCUT2D eigenvalue weighted by Gasteiger charge is 1.92. The summed E-state index contributed by atoms with van der Waals surface area (Å²) in [4.78, 5) is 3.25. The summed E-state index contributed by atoms with van der Waals surface area (Å²) in [5.41, 5.74) is 15.0. The molecule has 0 bridgehead atoms. The fourth-order valence-corrected chi connectivity index (χ4v) is 3.03. The van der Waals surface area contributed by atoms with Crippen molar-refractivity contribution < 1.29 is 0 Å². The van der Waals surface area contributed by atoms with Gasteiger partial charge >= 0.3 is 0 Å². The molecule has 25 heavy (non-hydrogen) atoms. The molecule has 0 atom stereocenters. The van der Waals surface area contributed by atoms with Gasteiger partial charge in [-0.1, -0.05) is 18.2 Å². The molecule has 0 aliphatic carbocycles. The van der Waals surface area contributed by atoms with Crippen molar-refractivity contribution in [2.45, 2.75) is 4.21 Å². The van der Waals surface area contributed by atoms with E-state index >= 15 is 0 Å². The third-order valence-corrected chi connectivity index (χ3v) is 4.67. The monoisotopic (exact) mass is 369 g/mol. The molecule has 0 spiro atoms.